The fraction of sp³-hybridized carbons (Fsp3) is 0.562. The van der Waals surface area contributed by atoms with Gasteiger partial charge in [-0.15, -0.1) is 0 Å². The van der Waals surface area contributed by atoms with Crippen LogP contribution >= 0.6 is 0 Å². The van der Waals surface area contributed by atoms with Gasteiger partial charge in [-0.25, -0.2) is 12.8 Å². The minimum absolute atomic E-state index is 0.0618. The first-order valence-electron chi connectivity index (χ1n) is 7.94. The Labute approximate surface area is 147 Å². The minimum atomic E-state index is -3.76. The lowest BCUT2D eigenvalue weighted by Gasteiger charge is -2.34. The zero-order valence-electron chi connectivity index (χ0n) is 14.3. The number of amides is 1. The summed E-state index contributed by atoms with van der Waals surface area (Å²) in [6, 6.07) is 6.11. The first kappa shape index (κ1) is 19.6. The van der Waals surface area contributed by atoms with Crippen LogP contribution in [0.15, 0.2) is 29.2 Å². The van der Waals surface area contributed by atoms with Gasteiger partial charge in [-0.1, -0.05) is 6.07 Å². The largest absolute Gasteiger partial charge is 0.497 e. The fourth-order valence-corrected chi connectivity index (χ4v) is 4.12. The van der Waals surface area contributed by atoms with Crippen LogP contribution in [0.3, 0.4) is 0 Å². The van der Waals surface area contributed by atoms with Gasteiger partial charge in [0.1, 0.15) is 5.75 Å². The van der Waals surface area contributed by atoms with E-state index in [2.05, 4.69) is 5.32 Å². The third-order valence-electron chi connectivity index (χ3n) is 4.19. The molecule has 0 unspecified atom stereocenters. The molecule has 25 heavy (non-hydrogen) atoms. The van der Waals surface area contributed by atoms with E-state index in [9.17, 15) is 17.6 Å². The summed E-state index contributed by atoms with van der Waals surface area (Å²) in [4.78, 5) is 12.1. The highest BCUT2D eigenvalue weighted by Crippen LogP contribution is 2.30. The van der Waals surface area contributed by atoms with Gasteiger partial charge < -0.3 is 14.8 Å². The van der Waals surface area contributed by atoms with Crippen LogP contribution in [0, 0.1) is 0 Å². The van der Waals surface area contributed by atoms with Crippen LogP contribution < -0.4 is 10.1 Å². The summed E-state index contributed by atoms with van der Waals surface area (Å²) < 4.78 is 51.2. The molecule has 7 nitrogen and oxygen atoms in total. The van der Waals surface area contributed by atoms with Crippen LogP contribution in [0.1, 0.15) is 12.8 Å². The Kier molecular flexibility index (Phi) is 6.36. The number of halogens is 1. The van der Waals surface area contributed by atoms with Crippen LogP contribution in [0.25, 0.3) is 0 Å². The van der Waals surface area contributed by atoms with Gasteiger partial charge >= 0.3 is 0 Å². The SMILES string of the molecule is COCCNC(=O)C1(F)CCN(S(=O)(=O)c2cccc(OC)c2)CC1. The number of carbonyl (C=O) groups excluding carboxylic acids is 1. The highest BCUT2D eigenvalue weighted by Gasteiger charge is 2.44. The highest BCUT2D eigenvalue weighted by atomic mass is 32.2. The van der Waals surface area contributed by atoms with E-state index < -0.39 is 21.6 Å². The Bertz CT molecular complexity index is 702. The molecule has 0 aromatic heterocycles. The molecule has 0 spiro atoms. The number of carbonyl (C=O) groups is 1. The zero-order valence-corrected chi connectivity index (χ0v) is 15.1. The Morgan fingerprint density at radius 1 is 1.32 bits per heavy atom. The molecule has 0 atom stereocenters. The van der Waals surface area contributed by atoms with Crippen molar-refractivity contribution < 1.29 is 27.1 Å². The quantitative estimate of drug-likeness (QED) is 0.719. The average Bonchev–Trinajstić information content (AvgIpc) is 2.62. The van der Waals surface area contributed by atoms with Gasteiger partial charge in [0.15, 0.2) is 5.67 Å². The number of sulfonamides is 1. The molecule has 1 amide bonds. The lowest BCUT2D eigenvalue weighted by Crippen LogP contribution is -2.52. The van der Waals surface area contributed by atoms with Crippen molar-refractivity contribution in [3.05, 3.63) is 24.3 Å². The van der Waals surface area contributed by atoms with Crippen molar-refractivity contribution in [1.29, 1.82) is 0 Å². The van der Waals surface area contributed by atoms with E-state index in [1.807, 2.05) is 0 Å². The van der Waals surface area contributed by atoms with Crippen LogP contribution in [-0.4, -0.2) is 64.8 Å². The normalized spacial score (nSPS) is 17.9. The standard InChI is InChI=1S/C16H23FN2O5S/c1-23-11-8-18-15(20)16(17)6-9-19(10-7-16)25(21,22)14-5-3-4-13(12-14)24-2/h3-5,12H,6-11H2,1-2H3,(H,18,20). The minimum Gasteiger partial charge on any atom is -0.497 e. The third-order valence-corrected chi connectivity index (χ3v) is 6.09. The number of hydrogen-bond donors (Lipinski definition) is 1. The molecule has 0 saturated carbocycles. The van der Waals surface area contributed by atoms with E-state index in [4.69, 9.17) is 9.47 Å². The first-order valence-corrected chi connectivity index (χ1v) is 9.38. The third kappa shape index (κ3) is 4.47. The number of benzene rings is 1. The molecule has 1 N–H and O–H groups in total. The van der Waals surface area contributed by atoms with Crippen molar-refractivity contribution in [3.8, 4) is 5.75 Å². The summed E-state index contributed by atoms with van der Waals surface area (Å²) in [7, 11) is -0.820. The van der Waals surface area contributed by atoms with Crippen molar-refractivity contribution in [2.24, 2.45) is 0 Å². The summed E-state index contributed by atoms with van der Waals surface area (Å²) in [5.74, 6) is -0.293. The molecule has 0 radical (unpaired) electrons. The summed E-state index contributed by atoms with van der Waals surface area (Å²) in [6.07, 6.45) is -0.371. The zero-order chi connectivity index (χ0) is 18.5. The maximum Gasteiger partial charge on any atom is 0.257 e. The molecule has 9 heteroatoms. The summed E-state index contributed by atoms with van der Waals surface area (Å²) in [5, 5.41) is 2.47. The number of nitrogens with zero attached hydrogens (tertiary/aromatic N) is 1. The van der Waals surface area contributed by atoms with Gasteiger partial charge in [-0.3, -0.25) is 4.79 Å². The number of alkyl halides is 1. The van der Waals surface area contributed by atoms with Gasteiger partial charge in [0.05, 0.1) is 18.6 Å². The number of ether oxygens (including phenoxy) is 2. The van der Waals surface area contributed by atoms with Crippen molar-refractivity contribution >= 4 is 15.9 Å². The predicted octanol–water partition coefficient (Wildman–Crippen LogP) is 0.951. The van der Waals surface area contributed by atoms with Gasteiger partial charge in [-0.05, 0) is 12.1 Å². The molecule has 2 rings (SSSR count). The molecular formula is C16H23FN2O5S. The Morgan fingerprint density at radius 3 is 2.60 bits per heavy atom. The molecule has 1 fully saturated rings. The molecule has 1 aliphatic heterocycles. The second-order valence-corrected chi connectivity index (χ2v) is 7.74. The average molecular weight is 374 g/mol. The van der Waals surface area contributed by atoms with Crippen LogP contribution in [0.5, 0.6) is 5.75 Å². The highest BCUT2D eigenvalue weighted by molar-refractivity contribution is 7.89. The van der Waals surface area contributed by atoms with Gasteiger partial charge in [0.2, 0.25) is 10.0 Å². The second kappa shape index (κ2) is 8.11. The van der Waals surface area contributed by atoms with Crippen molar-refractivity contribution in [3.63, 3.8) is 0 Å². The Balaban J connectivity index is 2.04. The number of methoxy groups -OCH3 is 2. The lowest BCUT2D eigenvalue weighted by atomic mass is 9.93. The molecule has 0 bridgehead atoms. The molecule has 1 aliphatic rings. The number of nitrogens with one attached hydrogen (secondary N) is 1. The predicted molar refractivity (Wildman–Crippen MR) is 89.7 cm³/mol. The monoisotopic (exact) mass is 374 g/mol. The van der Waals surface area contributed by atoms with E-state index in [-0.39, 0.29) is 44.0 Å². The van der Waals surface area contributed by atoms with E-state index >= 15 is 0 Å². The molecule has 1 aromatic rings. The molecule has 140 valence electrons. The fourth-order valence-electron chi connectivity index (χ4n) is 2.64. The smallest absolute Gasteiger partial charge is 0.257 e. The second-order valence-electron chi connectivity index (χ2n) is 5.80. The van der Waals surface area contributed by atoms with Gasteiger partial charge in [0.25, 0.3) is 5.91 Å². The topological polar surface area (TPSA) is 84.9 Å². The van der Waals surface area contributed by atoms with E-state index in [1.54, 1.807) is 12.1 Å². The van der Waals surface area contributed by atoms with E-state index in [1.165, 1.54) is 30.7 Å². The van der Waals surface area contributed by atoms with Crippen molar-refractivity contribution in [1.82, 2.24) is 9.62 Å². The number of piperidine rings is 1. The number of rotatable bonds is 7. The molecular weight excluding hydrogens is 351 g/mol. The van der Waals surface area contributed by atoms with Crippen molar-refractivity contribution in [2.75, 3.05) is 40.5 Å². The van der Waals surface area contributed by atoms with Gasteiger partial charge in [0, 0.05) is 45.7 Å². The first-order chi connectivity index (χ1) is 11.8. The van der Waals surface area contributed by atoms with Crippen LogP contribution in [0.4, 0.5) is 4.39 Å². The summed E-state index contributed by atoms with van der Waals surface area (Å²) in [5.41, 5.74) is -2.06. The molecule has 1 aromatic carbocycles. The van der Waals surface area contributed by atoms with E-state index in [0.29, 0.717) is 5.75 Å². The maximum absolute atomic E-state index is 14.8. The van der Waals surface area contributed by atoms with E-state index in [0.717, 1.165) is 0 Å². The Morgan fingerprint density at radius 2 is 2.00 bits per heavy atom. The lowest BCUT2D eigenvalue weighted by molar-refractivity contribution is -0.135. The summed E-state index contributed by atoms with van der Waals surface area (Å²) in [6.45, 7) is 0.381. The maximum atomic E-state index is 14.8. The van der Waals surface area contributed by atoms with Gasteiger partial charge in [-0.2, -0.15) is 4.31 Å². The summed E-state index contributed by atoms with van der Waals surface area (Å²) >= 11 is 0. The molecule has 1 heterocycles. The molecule has 0 aliphatic carbocycles. The Hall–Kier alpha value is -1.71. The number of hydrogen-bond acceptors (Lipinski definition) is 5. The molecule has 1 saturated heterocycles. The van der Waals surface area contributed by atoms with Crippen LogP contribution in [-0.2, 0) is 19.6 Å². The van der Waals surface area contributed by atoms with Crippen LogP contribution in [0.2, 0.25) is 0 Å². The van der Waals surface area contributed by atoms with Crippen molar-refractivity contribution in [2.45, 2.75) is 23.4 Å².